The van der Waals surface area contributed by atoms with E-state index in [4.69, 9.17) is 4.74 Å². The SMILES string of the molecule is CCCOc1ccccc1CC(=O)C(=O)OC. The molecule has 0 atom stereocenters. The summed E-state index contributed by atoms with van der Waals surface area (Å²) >= 11 is 0. The van der Waals surface area contributed by atoms with Crippen LogP contribution in [0.4, 0.5) is 0 Å². The Bertz CT molecular complexity index is 398. The lowest BCUT2D eigenvalue weighted by atomic mass is 10.1. The Kier molecular flexibility index (Phi) is 5.20. The number of carbonyl (C=O) groups is 2. The largest absolute Gasteiger partial charge is 0.493 e. The molecule has 0 bridgehead atoms. The van der Waals surface area contributed by atoms with Crippen LogP contribution in [0.25, 0.3) is 0 Å². The third kappa shape index (κ3) is 3.90. The molecule has 1 aromatic carbocycles. The minimum atomic E-state index is -0.824. The van der Waals surface area contributed by atoms with Gasteiger partial charge in [-0.25, -0.2) is 4.79 Å². The highest BCUT2D eigenvalue weighted by molar-refractivity contribution is 6.34. The molecular formula is C13H16O4. The summed E-state index contributed by atoms with van der Waals surface area (Å²) in [6, 6.07) is 7.19. The first kappa shape index (κ1) is 13.2. The molecule has 0 fully saturated rings. The number of methoxy groups -OCH3 is 1. The van der Waals surface area contributed by atoms with Gasteiger partial charge >= 0.3 is 5.97 Å². The normalized spacial score (nSPS) is 9.76. The Morgan fingerprint density at radius 1 is 1.24 bits per heavy atom. The van der Waals surface area contributed by atoms with E-state index in [1.54, 1.807) is 18.2 Å². The van der Waals surface area contributed by atoms with Gasteiger partial charge in [0.15, 0.2) is 0 Å². The van der Waals surface area contributed by atoms with Crippen molar-refractivity contribution in [2.75, 3.05) is 13.7 Å². The van der Waals surface area contributed by atoms with Crippen molar-refractivity contribution in [1.29, 1.82) is 0 Å². The van der Waals surface area contributed by atoms with Crippen LogP contribution in [-0.2, 0) is 20.7 Å². The molecule has 0 aliphatic rings. The van der Waals surface area contributed by atoms with Gasteiger partial charge in [-0.2, -0.15) is 0 Å². The molecule has 0 N–H and O–H groups in total. The average Bonchev–Trinajstić information content (AvgIpc) is 2.36. The smallest absolute Gasteiger partial charge is 0.374 e. The zero-order valence-electron chi connectivity index (χ0n) is 10.1. The zero-order valence-corrected chi connectivity index (χ0v) is 10.1. The molecule has 0 radical (unpaired) electrons. The van der Waals surface area contributed by atoms with Gasteiger partial charge in [0.1, 0.15) is 5.75 Å². The van der Waals surface area contributed by atoms with Crippen LogP contribution < -0.4 is 4.74 Å². The molecule has 0 unspecified atom stereocenters. The molecule has 1 aromatic rings. The maximum atomic E-state index is 11.4. The van der Waals surface area contributed by atoms with Crippen LogP contribution in [0.1, 0.15) is 18.9 Å². The second kappa shape index (κ2) is 6.68. The third-order valence-electron chi connectivity index (χ3n) is 2.20. The van der Waals surface area contributed by atoms with E-state index in [9.17, 15) is 9.59 Å². The van der Waals surface area contributed by atoms with E-state index in [1.165, 1.54) is 7.11 Å². The van der Waals surface area contributed by atoms with E-state index >= 15 is 0 Å². The first-order valence-corrected chi connectivity index (χ1v) is 5.50. The van der Waals surface area contributed by atoms with Gasteiger partial charge in [0, 0.05) is 12.0 Å². The van der Waals surface area contributed by atoms with Crippen molar-refractivity contribution in [2.45, 2.75) is 19.8 Å². The highest BCUT2D eigenvalue weighted by Crippen LogP contribution is 2.19. The maximum Gasteiger partial charge on any atom is 0.374 e. The Balaban J connectivity index is 2.76. The molecule has 0 spiro atoms. The van der Waals surface area contributed by atoms with Gasteiger partial charge in [0.2, 0.25) is 5.78 Å². The second-order valence-electron chi connectivity index (χ2n) is 3.55. The Labute approximate surface area is 101 Å². The van der Waals surface area contributed by atoms with Crippen molar-refractivity contribution in [3.8, 4) is 5.75 Å². The molecule has 4 heteroatoms. The fourth-order valence-corrected chi connectivity index (χ4v) is 1.36. The summed E-state index contributed by atoms with van der Waals surface area (Å²) in [5.41, 5.74) is 0.705. The number of Topliss-reactive ketones (excluding diaryl/α,β-unsaturated/α-hetero) is 1. The summed E-state index contributed by atoms with van der Waals surface area (Å²) < 4.78 is 9.87. The molecule has 4 nitrogen and oxygen atoms in total. The minimum Gasteiger partial charge on any atom is -0.493 e. The summed E-state index contributed by atoms with van der Waals surface area (Å²) in [6.45, 7) is 2.59. The van der Waals surface area contributed by atoms with Crippen LogP contribution >= 0.6 is 0 Å². The molecular weight excluding hydrogens is 220 g/mol. The highest BCUT2D eigenvalue weighted by atomic mass is 16.5. The zero-order chi connectivity index (χ0) is 12.7. The topological polar surface area (TPSA) is 52.6 Å². The van der Waals surface area contributed by atoms with Gasteiger partial charge in [-0.15, -0.1) is 0 Å². The van der Waals surface area contributed by atoms with Gasteiger partial charge in [-0.3, -0.25) is 4.79 Å². The Morgan fingerprint density at radius 2 is 1.94 bits per heavy atom. The lowest BCUT2D eigenvalue weighted by molar-refractivity contribution is -0.151. The summed E-state index contributed by atoms with van der Waals surface area (Å²) in [5.74, 6) is -0.748. The number of hydrogen-bond acceptors (Lipinski definition) is 4. The van der Waals surface area contributed by atoms with Crippen molar-refractivity contribution in [2.24, 2.45) is 0 Å². The number of hydrogen-bond donors (Lipinski definition) is 0. The van der Waals surface area contributed by atoms with Crippen LogP contribution in [-0.4, -0.2) is 25.5 Å². The fourth-order valence-electron chi connectivity index (χ4n) is 1.36. The summed E-state index contributed by atoms with van der Waals surface area (Å²) in [6.07, 6.45) is 0.895. The molecule has 0 aliphatic carbocycles. The molecule has 0 saturated heterocycles. The number of rotatable bonds is 6. The van der Waals surface area contributed by atoms with Gasteiger partial charge < -0.3 is 9.47 Å². The number of benzene rings is 1. The number of para-hydroxylation sites is 1. The molecule has 0 heterocycles. The van der Waals surface area contributed by atoms with E-state index in [0.29, 0.717) is 17.9 Å². The van der Waals surface area contributed by atoms with E-state index in [2.05, 4.69) is 4.74 Å². The van der Waals surface area contributed by atoms with Crippen molar-refractivity contribution >= 4 is 11.8 Å². The monoisotopic (exact) mass is 236 g/mol. The van der Waals surface area contributed by atoms with Gasteiger partial charge in [0.25, 0.3) is 0 Å². The predicted molar refractivity (Wildman–Crippen MR) is 63.0 cm³/mol. The minimum absolute atomic E-state index is 0.00651. The summed E-state index contributed by atoms with van der Waals surface area (Å²) in [7, 11) is 1.19. The molecule has 1 rings (SSSR count). The van der Waals surface area contributed by atoms with Crippen LogP contribution in [0, 0.1) is 0 Å². The molecule has 0 aromatic heterocycles. The lowest BCUT2D eigenvalue weighted by Crippen LogP contribution is -2.18. The van der Waals surface area contributed by atoms with Gasteiger partial charge in [-0.05, 0) is 12.5 Å². The van der Waals surface area contributed by atoms with Crippen LogP contribution in [0.5, 0.6) is 5.75 Å². The summed E-state index contributed by atoms with van der Waals surface area (Å²) in [4.78, 5) is 22.5. The average molecular weight is 236 g/mol. The number of esters is 1. The second-order valence-corrected chi connectivity index (χ2v) is 3.55. The van der Waals surface area contributed by atoms with Crippen LogP contribution in [0.3, 0.4) is 0 Å². The van der Waals surface area contributed by atoms with Crippen molar-refractivity contribution in [1.82, 2.24) is 0 Å². The van der Waals surface area contributed by atoms with E-state index in [1.807, 2.05) is 13.0 Å². The van der Waals surface area contributed by atoms with Crippen molar-refractivity contribution in [3.05, 3.63) is 29.8 Å². The predicted octanol–water partition coefficient (Wildman–Crippen LogP) is 1.76. The molecule has 17 heavy (non-hydrogen) atoms. The Hall–Kier alpha value is -1.84. The molecule has 0 aliphatic heterocycles. The van der Waals surface area contributed by atoms with Crippen LogP contribution in [0.2, 0.25) is 0 Å². The fraction of sp³-hybridized carbons (Fsp3) is 0.385. The van der Waals surface area contributed by atoms with Crippen molar-refractivity contribution < 1.29 is 19.1 Å². The maximum absolute atomic E-state index is 11.4. The first-order valence-electron chi connectivity index (χ1n) is 5.50. The van der Waals surface area contributed by atoms with Gasteiger partial charge in [0.05, 0.1) is 13.7 Å². The number of ketones is 1. The number of ether oxygens (including phenoxy) is 2. The van der Waals surface area contributed by atoms with E-state index in [0.717, 1.165) is 6.42 Å². The van der Waals surface area contributed by atoms with Crippen molar-refractivity contribution in [3.63, 3.8) is 0 Å². The number of carbonyl (C=O) groups excluding carboxylic acids is 2. The summed E-state index contributed by atoms with van der Waals surface area (Å²) in [5, 5.41) is 0. The molecule has 92 valence electrons. The van der Waals surface area contributed by atoms with E-state index in [-0.39, 0.29) is 6.42 Å². The molecule has 0 amide bonds. The quantitative estimate of drug-likeness (QED) is 0.558. The third-order valence-corrected chi connectivity index (χ3v) is 2.20. The Morgan fingerprint density at radius 3 is 2.59 bits per heavy atom. The van der Waals surface area contributed by atoms with E-state index < -0.39 is 11.8 Å². The first-order chi connectivity index (χ1) is 8.19. The highest BCUT2D eigenvalue weighted by Gasteiger charge is 2.16. The molecule has 0 saturated carbocycles. The van der Waals surface area contributed by atoms with Crippen LogP contribution in [0.15, 0.2) is 24.3 Å². The van der Waals surface area contributed by atoms with Gasteiger partial charge in [-0.1, -0.05) is 25.1 Å². The lowest BCUT2D eigenvalue weighted by Gasteiger charge is -2.09. The standard InChI is InChI=1S/C13H16O4/c1-3-8-17-12-7-5-4-6-10(12)9-11(14)13(15)16-2/h4-7H,3,8-9H2,1-2H3.